The van der Waals surface area contributed by atoms with E-state index in [4.69, 9.17) is 9.52 Å². The van der Waals surface area contributed by atoms with E-state index in [1.54, 1.807) is 0 Å². The van der Waals surface area contributed by atoms with Crippen molar-refractivity contribution < 1.29 is 27.5 Å². The predicted molar refractivity (Wildman–Crippen MR) is 73.5 cm³/mol. The van der Waals surface area contributed by atoms with E-state index in [0.29, 0.717) is 0 Å². The molecule has 9 heteroatoms. The normalized spacial score (nSPS) is 13.2. The monoisotopic (exact) mass is 318 g/mol. The van der Waals surface area contributed by atoms with Crippen molar-refractivity contribution in [2.75, 3.05) is 20.6 Å². The fourth-order valence-corrected chi connectivity index (χ4v) is 2.50. The number of nitrogens with zero attached hydrogens (tertiary/aromatic N) is 1. The molecule has 1 amide bonds. The fraction of sp³-hybridized carbons (Fsp3) is 0.500. The van der Waals surface area contributed by atoms with E-state index in [1.165, 1.54) is 27.9 Å². The maximum atomic E-state index is 12.0. The zero-order valence-electron chi connectivity index (χ0n) is 12.2. The minimum absolute atomic E-state index is 0.0797. The van der Waals surface area contributed by atoms with Gasteiger partial charge in [-0.3, -0.25) is 9.59 Å². The van der Waals surface area contributed by atoms with Gasteiger partial charge in [-0.2, -0.15) is 0 Å². The lowest BCUT2D eigenvalue weighted by molar-refractivity contribution is -0.140. The first-order valence-corrected chi connectivity index (χ1v) is 7.55. The molecule has 0 bridgehead atoms. The Kier molecular flexibility index (Phi) is 5.13. The Labute approximate surface area is 122 Å². The molecule has 1 aromatic rings. The van der Waals surface area contributed by atoms with Crippen LogP contribution in [-0.2, 0) is 14.8 Å². The summed E-state index contributed by atoms with van der Waals surface area (Å²) in [5.41, 5.74) is 0. The molecule has 0 saturated carbocycles. The standard InChI is InChI=1S/C12H18N2O6S/c1-7(12(16)17)6-13-11(15)9-5-10(8(2)20-9)21(18,19)14(3)4/h5,7H,6H2,1-4H3,(H,13,15)(H,16,17). The zero-order valence-corrected chi connectivity index (χ0v) is 13.0. The number of rotatable bonds is 6. The van der Waals surface area contributed by atoms with Crippen LogP contribution >= 0.6 is 0 Å². The molecule has 1 unspecified atom stereocenters. The average molecular weight is 318 g/mol. The lowest BCUT2D eigenvalue weighted by atomic mass is 10.2. The van der Waals surface area contributed by atoms with Crippen LogP contribution in [0, 0.1) is 12.8 Å². The summed E-state index contributed by atoms with van der Waals surface area (Å²) in [4.78, 5) is 22.4. The van der Waals surface area contributed by atoms with Crippen molar-refractivity contribution in [3.8, 4) is 0 Å². The first-order chi connectivity index (χ1) is 9.57. The Balaban J connectivity index is 2.92. The first-order valence-electron chi connectivity index (χ1n) is 6.11. The van der Waals surface area contributed by atoms with E-state index in [-0.39, 0.29) is 23.0 Å². The van der Waals surface area contributed by atoms with Crippen molar-refractivity contribution in [3.05, 3.63) is 17.6 Å². The Morgan fingerprint density at radius 1 is 1.43 bits per heavy atom. The molecule has 0 aliphatic carbocycles. The highest BCUT2D eigenvalue weighted by atomic mass is 32.2. The molecule has 1 rings (SSSR count). The molecular formula is C12H18N2O6S. The van der Waals surface area contributed by atoms with E-state index in [2.05, 4.69) is 5.32 Å². The molecule has 118 valence electrons. The maximum Gasteiger partial charge on any atom is 0.308 e. The Morgan fingerprint density at radius 2 is 2.00 bits per heavy atom. The third kappa shape index (κ3) is 3.82. The highest BCUT2D eigenvalue weighted by Crippen LogP contribution is 2.22. The molecule has 0 radical (unpaired) electrons. The zero-order chi connectivity index (χ0) is 16.4. The summed E-state index contributed by atoms with van der Waals surface area (Å²) in [7, 11) is -0.957. The highest BCUT2D eigenvalue weighted by molar-refractivity contribution is 7.89. The number of carboxylic acids is 1. The van der Waals surface area contributed by atoms with E-state index in [9.17, 15) is 18.0 Å². The van der Waals surface area contributed by atoms with E-state index in [0.717, 1.165) is 10.4 Å². The topological polar surface area (TPSA) is 117 Å². The molecule has 21 heavy (non-hydrogen) atoms. The summed E-state index contributed by atoms with van der Waals surface area (Å²) < 4.78 is 30.2. The number of aryl methyl sites for hydroxylation is 1. The van der Waals surface area contributed by atoms with Crippen LogP contribution in [0.2, 0.25) is 0 Å². The molecule has 1 atom stereocenters. The van der Waals surface area contributed by atoms with Crippen LogP contribution in [0.4, 0.5) is 0 Å². The molecular weight excluding hydrogens is 300 g/mol. The van der Waals surface area contributed by atoms with Crippen LogP contribution in [-0.4, -0.2) is 50.3 Å². The van der Waals surface area contributed by atoms with Crippen molar-refractivity contribution in [3.63, 3.8) is 0 Å². The maximum absolute atomic E-state index is 12.0. The number of carboxylic acid groups (broad SMARTS) is 1. The summed E-state index contributed by atoms with van der Waals surface area (Å²) in [6.45, 7) is 2.80. The van der Waals surface area contributed by atoms with Gasteiger partial charge in [0, 0.05) is 26.7 Å². The number of carbonyl (C=O) groups is 2. The summed E-state index contributed by atoms with van der Waals surface area (Å²) in [6, 6.07) is 1.13. The Bertz CT molecular complexity index is 647. The summed E-state index contributed by atoms with van der Waals surface area (Å²) in [6.07, 6.45) is 0. The Hall–Kier alpha value is -1.87. The molecule has 0 aliphatic heterocycles. The van der Waals surface area contributed by atoms with Gasteiger partial charge < -0.3 is 14.8 Å². The summed E-state index contributed by atoms with van der Waals surface area (Å²) >= 11 is 0. The second-order valence-electron chi connectivity index (χ2n) is 4.77. The van der Waals surface area contributed by atoms with Crippen LogP contribution in [0.1, 0.15) is 23.2 Å². The largest absolute Gasteiger partial charge is 0.481 e. The molecule has 1 aromatic heterocycles. The van der Waals surface area contributed by atoms with E-state index < -0.39 is 27.8 Å². The quantitative estimate of drug-likeness (QED) is 0.778. The number of sulfonamides is 1. The predicted octanol–water partition coefficient (Wildman–Crippen LogP) is 0.289. The Morgan fingerprint density at radius 3 is 2.48 bits per heavy atom. The molecule has 0 aromatic carbocycles. The van der Waals surface area contributed by atoms with Crippen LogP contribution in [0.25, 0.3) is 0 Å². The summed E-state index contributed by atoms with van der Waals surface area (Å²) in [5.74, 6) is -2.53. The number of aliphatic carboxylic acids is 1. The minimum atomic E-state index is -3.70. The fourth-order valence-electron chi connectivity index (χ4n) is 1.45. The third-order valence-electron chi connectivity index (χ3n) is 2.85. The lowest BCUT2D eigenvalue weighted by Crippen LogP contribution is -2.31. The molecule has 0 saturated heterocycles. The van der Waals surface area contributed by atoms with Crippen LogP contribution in [0.5, 0.6) is 0 Å². The minimum Gasteiger partial charge on any atom is -0.481 e. The average Bonchev–Trinajstić information content (AvgIpc) is 2.77. The van der Waals surface area contributed by atoms with Crippen LogP contribution < -0.4 is 5.32 Å². The van der Waals surface area contributed by atoms with E-state index in [1.807, 2.05) is 0 Å². The van der Waals surface area contributed by atoms with Gasteiger partial charge in [0.2, 0.25) is 10.0 Å². The summed E-state index contributed by atoms with van der Waals surface area (Å²) in [5, 5.41) is 11.1. The number of furan rings is 1. The van der Waals surface area contributed by atoms with Gasteiger partial charge in [0.25, 0.3) is 5.91 Å². The molecule has 0 fully saturated rings. The SMILES string of the molecule is Cc1oc(C(=O)NCC(C)C(=O)O)cc1S(=O)(=O)N(C)C. The van der Waals surface area contributed by atoms with Crippen molar-refractivity contribution in [1.29, 1.82) is 0 Å². The van der Waals surface area contributed by atoms with Gasteiger partial charge in [-0.25, -0.2) is 12.7 Å². The van der Waals surface area contributed by atoms with Gasteiger partial charge in [0.05, 0.1) is 5.92 Å². The van der Waals surface area contributed by atoms with Gasteiger partial charge in [-0.15, -0.1) is 0 Å². The smallest absolute Gasteiger partial charge is 0.308 e. The van der Waals surface area contributed by atoms with Gasteiger partial charge in [-0.1, -0.05) is 6.92 Å². The van der Waals surface area contributed by atoms with Gasteiger partial charge in [-0.05, 0) is 6.92 Å². The third-order valence-corrected chi connectivity index (χ3v) is 4.77. The molecule has 8 nitrogen and oxygen atoms in total. The number of hydrogen-bond donors (Lipinski definition) is 2. The number of carbonyl (C=O) groups excluding carboxylic acids is 1. The van der Waals surface area contributed by atoms with Gasteiger partial charge in [0.15, 0.2) is 5.76 Å². The number of amides is 1. The number of hydrogen-bond acceptors (Lipinski definition) is 5. The lowest BCUT2D eigenvalue weighted by Gasteiger charge is -2.09. The number of nitrogens with one attached hydrogen (secondary N) is 1. The van der Waals surface area contributed by atoms with E-state index >= 15 is 0 Å². The second-order valence-corrected chi connectivity index (χ2v) is 6.89. The van der Waals surface area contributed by atoms with Crippen molar-refractivity contribution in [1.82, 2.24) is 9.62 Å². The van der Waals surface area contributed by atoms with Crippen molar-refractivity contribution in [2.24, 2.45) is 5.92 Å². The van der Waals surface area contributed by atoms with Gasteiger partial charge >= 0.3 is 5.97 Å². The van der Waals surface area contributed by atoms with Crippen LogP contribution in [0.15, 0.2) is 15.4 Å². The van der Waals surface area contributed by atoms with Crippen molar-refractivity contribution in [2.45, 2.75) is 18.7 Å². The molecule has 2 N–H and O–H groups in total. The molecule has 0 aliphatic rings. The van der Waals surface area contributed by atoms with Gasteiger partial charge in [0.1, 0.15) is 10.7 Å². The van der Waals surface area contributed by atoms with Crippen LogP contribution in [0.3, 0.4) is 0 Å². The first kappa shape index (κ1) is 17.2. The molecule has 1 heterocycles. The molecule has 0 spiro atoms. The second kappa shape index (κ2) is 6.27. The van der Waals surface area contributed by atoms with Crippen molar-refractivity contribution >= 4 is 21.9 Å². The highest BCUT2D eigenvalue weighted by Gasteiger charge is 2.26.